The van der Waals surface area contributed by atoms with Gasteiger partial charge in [-0.25, -0.2) is 4.79 Å². The molecule has 1 aromatic rings. The van der Waals surface area contributed by atoms with Crippen molar-refractivity contribution in [2.45, 2.75) is 0 Å². The van der Waals surface area contributed by atoms with Gasteiger partial charge in [-0.15, -0.1) is 11.6 Å². The van der Waals surface area contributed by atoms with E-state index in [9.17, 15) is 9.59 Å². The van der Waals surface area contributed by atoms with Crippen LogP contribution in [0.5, 0.6) is 0 Å². The Morgan fingerprint density at radius 1 is 1.31 bits per heavy atom. The molecule has 0 bridgehead atoms. The summed E-state index contributed by atoms with van der Waals surface area (Å²) >= 11 is 5.42. The topological polar surface area (TPSA) is 43.4 Å². The third-order valence-corrected chi connectivity index (χ3v) is 2.21. The van der Waals surface area contributed by atoms with Crippen LogP contribution in [0.25, 0.3) is 6.08 Å². The first-order valence-electron chi connectivity index (χ1n) is 4.62. The van der Waals surface area contributed by atoms with Crippen molar-refractivity contribution in [3.05, 3.63) is 41.5 Å². The number of Topliss-reactive ketones (excluding diaryl/α,β-unsaturated/α-hetero) is 1. The van der Waals surface area contributed by atoms with Gasteiger partial charge in [-0.2, -0.15) is 0 Å². The lowest BCUT2D eigenvalue weighted by atomic mass is 10.1. The fraction of sp³-hybridized carbons (Fsp3) is 0.167. The molecule has 0 aliphatic carbocycles. The van der Waals surface area contributed by atoms with Gasteiger partial charge >= 0.3 is 5.97 Å². The van der Waals surface area contributed by atoms with Crippen molar-refractivity contribution in [2.75, 3.05) is 13.0 Å². The monoisotopic (exact) mass is 238 g/mol. The van der Waals surface area contributed by atoms with Crippen LogP contribution in [0.15, 0.2) is 30.3 Å². The van der Waals surface area contributed by atoms with Crippen LogP contribution >= 0.6 is 11.6 Å². The zero-order valence-electron chi connectivity index (χ0n) is 8.77. The number of alkyl halides is 1. The molecule has 0 N–H and O–H groups in total. The van der Waals surface area contributed by atoms with Crippen LogP contribution in [0, 0.1) is 0 Å². The van der Waals surface area contributed by atoms with E-state index in [-0.39, 0.29) is 11.7 Å². The standard InChI is InChI=1S/C12H11ClO3/c1-16-12(15)7-4-9-2-5-10(6-3-9)11(14)8-13/h2-7H,8H2,1H3. The Hall–Kier alpha value is -1.61. The molecule has 1 rings (SSSR count). The molecule has 0 radical (unpaired) electrons. The number of methoxy groups -OCH3 is 1. The number of halogens is 1. The average molecular weight is 239 g/mol. The van der Waals surface area contributed by atoms with E-state index >= 15 is 0 Å². The second-order valence-corrected chi connectivity index (χ2v) is 3.30. The predicted molar refractivity (Wildman–Crippen MR) is 62.5 cm³/mol. The Kier molecular flexibility index (Phi) is 4.73. The van der Waals surface area contributed by atoms with Crippen LogP contribution in [0.1, 0.15) is 15.9 Å². The Morgan fingerprint density at radius 2 is 1.94 bits per heavy atom. The smallest absolute Gasteiger partial charge is 0.330 e. The third kappa shape index (κ3) is 3.51. The minimum absolute atomic E-state index is 0.0304. The molecule has 3 nitrogen and oxygen atoms in total. The maximum absolute atomic E-state index is 11.2. The molecule has 0 saturated carbocycles. The maximum atomic E-state index is 11.2. The third-order valence-electron chi connectivity index (χ3n) is 1.97. The van der Waals surface area contributed by atoms with Crippen molar-refractivity contribution in [3.8, 4) is 0 Å². The van der Waals surface area contributed by atoms with Crippen molar-refractivity contribution >= 4 is 29.4 Å². The Morgan fingerprint density at radius 3 is 2.44 bits per heavy atom. The summed E-state index contributed by atoms with van der Waals surface area (Å²) in [5.74, 6) is -0.566. The van der Waals surface area contributed by atoms with Crippen molar-refractivity contribution in [2.24, 2.45) is 0 Å². The lowest BCUT2D eigenvalue weighted by molar-refractivity contribution is -0.134. The molecular weight excluding hydrogens is 228 g/mol. The Labute approximate surface area is 98.7 Å². The number of rotatable bonds is 4. The average Bonchev–Trinajstić information content (AvgIpc) is 2.35. The van der Waals surface area contributed by atoms with Gasteiger partial charge in [0, 0.05) is 11.6 Å². The number of hydrogen-bond donors (Lipinski definition) is 0. The lowest BCUT2D eigenvalue weighted by Gasteiger charge is -1.97. The highest BCUT2D eigenvalue weighted by atomic mass is 35.5. The van der Waals surface area contributed by atoms with Gasteiger partial charge in [0.05, 0.1) is 13.0 Å². The summed E-state index contributed by atoms with van der Waals surface area (Å²) in [6, 6.07) is 6.81. The molecule has 0 amide bonds. The van der Waals surface area contributed by atoms with E-state index in [0.29, 0.717) is 5.56 Å². The van der Waals surface area contributed by atoms with E-state index in [2.05, 4.69) is 4.74 Å². The summed E-state index contributed by atoms with van der Waals surface area (Å²) in [5.41, 5.74) is 1.38. The van der Waals surface area contributed by atoms with E-state index < -0.39 is 5.97 Å². The highest BCUT2D eigenvalue weighted by Crippen LogP contribution is 2.07. The van der Waals surface area contributed by atoms with Crippen molar-refractivity contribution < 1.29 is 14.3 Å². The Bertz CT molecular complexity index is 407. The van der Waals surface area contributed by atoms with E-state index in [0.717, 1.165) is 5.56 Å². The summed E-state index contributed by atoms with van der Waals surface area (Å²) in [6.07, 6.45) is 2.93. The number of carbonyl (C=O) groups excluding carboxylic acids is 2. The van der Waals surface area contributed by atoms with Crippen LogP contribution in [-0.4, -0.2) is 24.7 Å². The molecule has 0 unspecified atom stereocenters. The summed E-state index contributed by atoms with van der Waals surface area (Å²) < 4.78 is 4.45. The molecule has 0 aromatic heterocycles. The number of benzene rings is 1. The van der Waals surface area contributed by atoms with Crippen LogP contribution in [0.4, 0.5) is 0 Å². The molecule has 0 atom stereocenters. The molecule has 1 aromatic carbocycles. The molecular formula is C12H11ClO3. The first-order chi connectivity index (χ1) is 7.67. The van der Waals surface area contributed by atoms with Crippen LogP contribution in [0.3, 0.4) is 0 Å². The minimum atomic E-state index is -0.416. The van der Waals surface area contributed by atoms with Crippen LogP contribution in [-0.2, 0) is 9.53 Å². The van der Waals surface area contributed by atoms with E-state index in [1.807, 2.05) is 0 Å². The molecule has 0 aliphatic heterocycles. The molecule has 0 fully saturated rings. The van der Waals surface area contributed by atoms with Gasteiger partial charge in [0.15, 0.2) is 5.78 Å². The second kappa shape index (κ2) is 6.08. The Balaban J connectivity index is 2.75. The summed E-state index contributed by atoms with van der Waals surface area (Å²) in [7, 11) is 1.31. The van der Waals surface area contributed by atoms with Gasteiger partial charge in [-0.05, 0) is 11.6 Å². The summed E-state index contributed by atoms with van der Waals surface area (Å²) in [5, 5.41) is 0. The maximum Gasteiger partial charge on any atom is 0.330 e. The second-order valence-electron chi connectivity index (χ2n) is 3.04. The van der Waals surface area contributed by atoms with E-state index in [4.69, 9.17) is 11.6 Å². The van der Waals surface area contributed by atoms with Gasteiger partial charge in [0.2, 0.25) is 0 Å². The lowest BCUT2D eigenvalue weighted by Crippen LogP contribution is -1.99. The number of carbonyl (C=O) groups is 2. The minimum Gasteiger partial charge on any atom is -0.466 e. The number of ether oxygens (including phenoxy) is 1. The van der Waals surface area contributed by atoms with Gasteiger partial charge in [-0.1, -0.05) is 24.3 Å². The molecule has 0 saturated heterocycles. The normalized spacial score (nSPS) is 10.4. The highest BCUT2D eigenvalue weighted by molar-refractivity contribution is 6.30. The number of hydrogen-bond acceptors (Lipinski definition) is 3. The predicted octanol–water partition coefficient (Wildman–Crippen LogP) is 2.29. The van der Waals surface area contributed by atoms with Crippen molar-refractivity contribution in [1.82, 2.24) is 0 Å². The van der Waals surface area contributed by atoms with Crippen molar-refractivity contribution in [1.29, 1.82) is 0 Å². The summed E-state index contributed by atoms with van der Waals surface area (Å²) in [4.78, 5) is 22.0. The highest BCUT2D eigenvalue weighted by Gasteiger charge is 2.02. The molecule has 0 heterocycles. The largest absolute Gasteiger partial charge is 0.466 e. The number of esters is 1. The molecule has 4 heteroatoms. The molecule has 0 spiro atoms. The zero-order chi connectivity index (χ0) is 12.0. The zero-order valence-corrected chi connectivity index (χ0v) is 9.53. The first kappa shape index (κ1) is 12.5. The van der Waals surface area contributed by atoms with Crippen molar-refractivity contribution in [3.63, 3.8) is 0 Å². The summed E-state index contributed by atoms with van der Waals surface area (Å²) in [6.45, 7) is 0. The van der Waals surface area contributed by atoms with E-state index in [1.54, 1.807) is 30.3 Å². The first-order valence-corrected chi connectivity index (χ1v) is 5.16. The van der Waals surface area contributed by atoms with E-state index in [1.165, 1.54) is 13.2 Å². The fourth-order valence-corrected chi connectivity index (χ4v) is 1.24. The number of ketones is 1. The van der Waals surface area contributed by atoms with Gasteiger partial charge < -0.3 is 4.74 Å². The van der Waals surface area contributed by atoms with Crippen LogP contribution in [0.2, 0.25) is 0 Å². The molecule has 0 aliphatic rings. The fourth-order valence-electron chi connectivity index (χ4n) is 1.09. The van der Waals surface area contributed by atoms with Gasteiger partial charge in [-0.3, -0.25) is 4.79 Å². The van der Waals surface area contributed by atoms with Gasteiger partial charge in [0.25, 0.3) is 0 Å². The molecule has 16 heavy (non-hydrogen) atoms. The van der Waals surface area contributed by atoms with Gasteiger partial charge in [0.1, 0.15) is 0 Å². The molecule has 84 valence electrons. The quantitative estimate of drug-likeness (QED) is 0.350. The SMILES string of the molecule is COC(=O)C=Cc1ccc(C(=O)CCl)cc1. The van der Waals surface area contributed by atoms with Crippen LogP contribution < -0.4 is 0 Å².